The van der Waals surface area contributed by atoms with E-state index in [-0.39, 0.29) is 0 Å². The molecule has 0 aliphatic rings. The quantitative estimate of drug-likeness (QED) is 0.836. The van der Waals surface area contributed by atoms with Crippen LogP contribution >= 0.6 is 23.1 Å². The molecule has 7 nitrogen and oxygen atoms in total. The first-order chi connectivity index (χ1) is 10.5. The van der Waals surface area contributed by atoms with Crippen molar-refractivity contribution in [3.05, 3.63) is 28.2 Å². The molecule has 2 rings (SSSR count). The fourth-order valence-electron chi connectivity index (χ4n) is 1.64. The van der Waals surface area contributed by atoms with Crippen LogP contribution in [-0.4, -0.2) is 39.1 Å². The lowest BCUT2D eigenvalue weighted by Crippen LogP contribution is -2.35. The van der Waals surface area contributed by atoms with Crippen LogP contribution in [0.25, 0.3) is 0 Å². The Morgan fingerprint density at radius 1 is 1.50 bits per heavy atom. The maximum Gasteiger partial charge on any atom is 0.413 e. The van der Waals surface area contributed by atoms with E-state index < -0.39 is 17.3 Å². The Bertz CT molecular complexity index is 654. The number of nitrogens with zero attached hydrogens (tertiary/aromatic N) is 3. The SMILES string of the molecule is COC(=O)NC(=O)[C@@H](C)Sc1nnc(Cc2cccs2)n1C. The van der Waals surface area contributed by atoms with E-state index in [2.05, 4.69) is 20.3 Å². The number of nitrogens with one attached hydrogen (secondary N) is 1. The molecule has 0 aliphatic carbocycles. The van der Waals surface area contributed by atoms with E-state index in [0.717, 1.165) is 5.82 Å². The van der Waals surface area contributed by atoms with E-state index in [1.807, 2.05) is 29.1 Å². The maximum atomic E-state index is 11.8. The van der Waals surface area contributed by atoms with Crippen molar-refractivity contribution >= 4 is 35.1 Å². The Labute approximate surface area is 136 Å². The third-order valence-electron chi connectivity index (χ3n) is 2.90. The van der Waals surface area contributed by atoms with E-state index >= 15 is 0 Å². The Morgan fingerprint density at radius 3 is 2.91 bits per heavy atom. The Balaban J connectivity index is 2.00. The van der Waals surface area contributed by atoms with Gasteiger partial charge in [0.1, 0.15) is 5.82 Å². The Hall–Kier alpha value is -1.87. The molecular formula is C13H16N4O3S2. The molecule has 0 aliphatic heterocycles. The van der Waals surface area contributed by atoms with Crippen molar-refractivity contribution < 1.29 is 14.3 Å². The third kappa shape index (κ3) is 4.08. The number of carbonyl (C=O) groups excluding carboxylic acids is 2. The highest BCUT2D eigenvalue weighted by Gasteiger charge is 2.20. The van der Waals surface area contributed by atoms with E-state index in [1.165, 1.54) is 23.7 Å². The summed E-state index contributed by atoms with van der Waals surface area (Å²) in [6.07, 6.45) is -0.0708. The van der Waals surface area contributed by atoms with E-state index in [0.29, 0.717) is 11.6 Å². The van der Waals surface area contributed by atoms with Gasteiger partial charge in [-0.1, -0.05) is 17.8 Å². The van der Waals surface area contributed by atoms with Gasteiger partial charge in [0.05, 0.1) is 12.4 Å². The smallest absolute Gasteiger partial charge is 0.413 e. The zero-order valence-electron chi connectivity index (χ0n) is 12.4. The number of ether oxygens (including phenoxy) is 1. The van der Waals surface area contributed by atoms with Crippen molar-refractivity contribution in [1.29, 1.82) is 0 Å². The van der Waals surface area contributed by atoms with Crippen LogP contribution in [0.15, 0.2) is 22.7 Å². The highest BCUT2D eigenvalue weighted by molar-refractivity contribution is 8.00. The molecule has 2 heterocycles. The largest absolute Gasteiger partial charge is 0.453 e. The lowest BCUT2D eigenvalue weighted by molar-refractivity contribution is -0.119. The van der Waals surface area contributed by atoms with Crippen molar-refractivity contribution in [2.24, 2.45) is 7.05 Å². The number of aromatic nitrogens is 3. The van der Waals surface area contributed by atoms with Gasteiger partial charge in [-0.3, -0.25) is 10.1 Å². The fourth-order valence-corrected chi connectivity index (χ4v) is 3.17. The average Bonchev–Trinajstić information content (AvgIpc) is 3.12. The summed E-state index contributed by atoms with van der Waals surface area (Å²) < 4.78 is 6.25. The van der Waals surface area contributed by atoms with Crippen LogP contribution in [0.2, 0.25) is 0 Å². The molecule has 2 aromatic rings. The minimum absolute atomic E-state index is 0.431. The first-order valence-corrected chi connectivity index (χ1v) is 8.23. The molecule has 22 heavy (non-hydrogen) atoms. The number of thiophene rings is 1. The minimum atomic E-state index is -0.770. The van der Waals surface area contributed by atoms with Gasteiger partial charge in [-0.15, -0.1) is 21.5 Å². The summed E-state index contributed by atoms with van der Waals surface area (Å²) in [7, 11) is 3.07. The molecule has 118 valence electrons. The number of rotatable bonds is 5. The predicted molar refractivity (Wildman–Crippen MR) is 84.0 cm³/mol. The van der Waals surface area contributed by atoms with Gasteiger partial charge in [-0.05, 0) is 18.4 Å². The zero-order chi connectivity index (χ0) is 16.1. The monoisotopic (exact) mass is 340 g/mol. The Kier molecular flexibility index (Phi) is 5.56. The normalized spacial score (nSPS) is 12.0. The number of imide groups is 1. The lowest BCUT2D eigenvalue weighted by Gasteiger charge is -2.10. The highest BCUT2D eigenvalue weighted by Crippen LogP contribution is 2.23. The molecule has 1 N–H and O–H groups in total. The minimum Gasteiger partial charge on any atom is -0.453 e. The molecule has 0 unspecified atom stereocenters. The molecule has 0 fully saturated rings. The molecule has 0 saturated carbocycles. The summed E-state index contributed by atoms with van der Waals surface area (Å²) in [5, 5.41) is 12.5. The highest BCUT2D eigenvalue weighted by atomic mass is 32.2. The molecule has 9 heteroatoms. The van der Waals surface area contributed by atoms with Gasteiger partial charge < -0.3 is 9.30 Å². The maximum absolute atomic E-state index is 11.8. The van der Waals surface area contributed by atoms with Gasteiger partial charge in [0.2, 0.25) is 5.91 Å². The van der Waals surface area contributed by atoms with Gasteiger partial charge in [0.25, 0.3) is 0 Å². The van der Waals surface area contributed by atoms with Gasteiger partial charge in [-0.2, -0.15) is 0 Å². The topological polar surface area (TPSA) is 86.1 Å². The summed E-state index contributed by atoms with van der Waals surface area (Å²) in [6.45, 7) is 1.69. The van der Waals surface area contributed by atoms with Gasteiger partial charge >= 0.3 is 6.09 Å². The van der Waals surface area contributed by atoms with Crippen LogP contribution in [0.3, 0.4) is 0 Å². The van der Waals surface area contributed by atoms with E-state index in [4.69, 9.17) is 0 Å². The van der Waals surface area contributed by atoms with Gasteiger partial charge in [-0.25, -0.2) is 4.79 Å². The average molecular weight is 340 g/mol. The van der Waals surface area contributed by atoms with Crippen molar-refractivity contribution in [2.75, 3.05) is 7.11 Å². The molecule has 0 aromatic carbocycles. The van der Waals surface area contributed by atoms with E-state index in [1.54, 1.807) is 18.3 Å². The summed E-state index contributed by atoms with van der Waals surface area (Å²) in [5.41, 5.74) is 0. The fraction of sp³-hybridized carbons (Fsp3) is 0.385. The van der Waals surface area contributed by atoms with E-state index in [9.17, 15) is 9.59 Å². The molecule has 0 spiro atoms. The molecular weight excluding hydrogens is 324 g/mol. The second kappa shape index (κ2) is 7.41. The molecule has 0 radical (unpaired) electrons. The second-order valence-electron chi connectivity index (χ2n) is 4.45. The summed E-state index contributed by atoms with van der Waals surface area (Å²) in [5.74, 6) is 0.394. The van der Waals surface area contributed by atoms with Crippen molar-refractivity contribution in [1.82, 2.24) is 20.1 Å². The first kappa shape index (κ1) is 16.5. The van der Waals surface area contributed by atoms with Gasteiger partial charge in [0.15, 0.2) is 5.16 Å². The van der Waals surface area contributed by atoms with Crippen molar-refractivity contribution in [3.8, 4) is 0 Å². The molecule has 1 atom stereocenters. The molecule has 2 amide bonds. The second-order valence-corrected chi connectivity index (χ2v) is 6.80. The van der Waals surface area contributed by atoms with Crippen LogP contribution < -0.4 is 5.32 Å². The van der Waals surface area contributed by atoms with Crippen LogP contribution in [0.4, 0.5) is 4.79 Å². The Morgan fingerprint density at radius 2 is 2.27 bits per heavy atom. The number of thioether (sulfide) groups is 1. The summed E-state index contributed by atoms with van der Waals surface area (Å²) >= 11 is 2.90. The van der Waals surface area contributed by atoms with Crippen molar-refractivity contribution in [3.63, 3.8) is 0 Å². The zero-order valence-corrected chi connectivity index (χ0v) is 14.0. The molecule has 2 aromatic heterocycles. The van der Waals surface area contributed by atoms with Crippen LogP contribution in [-0.2, 0) is 23.0 Å². The number of amides is 2. The predicted octanol–water partition coefficient (Wildman–Crippen LogP) is 1.83. The lowest BCUT2D eigenvalue weighted by atomic mass is 10.3. The van der Waals surface area contributed by atoms with Crippen LogP contribution in [0.1, 0.15) is 17.6 Å². The molecule has 0 bridgehead atoms. The number of hydrogen-bond acceptors (Lipinski definition) is 7. The number of alkyl carbamates (subject to hydrolysis) is 1. The van der Waals surface area contributed by atoms with Crippen molar-refractivity contribution in [2.45, 2.75) is 23.8 Å². The number of methoxy groups -OCH3 is 1. The molecule has 0 saturated heterocycles. The summed E-state index contributed by atoms with van der Waals surface area (Å²) in [6, 6.07) is 4.03. The van der Waals surface area contributed by atoms with Crippen LogP contribution in [0.5, 0.6) is 0 Å². The third-order valence-corrected chi connectivity index (χ3v) is 4.91. The first-order valence-electron chi connectivity index (χ1n) is 6.47. The summed E-state index contributed by atoms with van der Waals surface area (Å²) in [4.78, 5) is 24.0. The van der Waals surface area contributed by atoms with Gasteiger partial charge in [0, 0.05) is 18.3 Å². The number of hydrogen-bond donors (Lipinski definition) is 1. The van der Waals surface area contributed by atoms with Crippen LogP contribution in [0, 0.1) is 0 Å². The number of carbonyl (C=O) groups is 2. The standard InChI is InChI=1S/C13H16N4O3S2/c1-8(11(18)14-13(19)20-3)22-12-16-15-10(17(12)2)7-9-5-4-6-21-9/h4-6,8H,7H2,1-3H3,(H,14,18,19)/t8-/m1/s1.